The predicted molar refractivity (Wildman–Crippen MR) is 102 cm³/mol. The first-order valence-corrected chi connectivity index (χ1v) is 10.3. The van der Waals surface area contributed by atoms with Crippen LogP contribution in [0.3, 0.4) is 0 Å². The molecule has 4 saturated heterocycles. The summed E-state index contributed by atoms with van der Waals surface area (Å²) in [5, 5.41) is 0.180. The fraction of sp³-hybridized carbons (Fsp3) is 0.600. The van der Waals surface area contributed by atoms with E-state index in [4.69, 9.17) is 30.5 Å². The molecule has 4 heterocycles. The highest BCUT2D eigenvalue weighted by atomic mass is 35.5. The van der Waals surface area contributed by atoms with Crippen LogP contribution in [-0.2, 0) is 18.9 Å². The number of nitrogens with zero attached hydrogens (tertiary/aromatic N) is 2. The van der Waals surface area contributed by atoms with Crippen molar-refractivity contribution in [3.05, 3.63) is 34.3 Å². The van der Waals surface area contributed by atoms with Gasteiger partial charge in [0.25, 0.3) is 11.8 Å². The molecule has 0 N–H and O–H groups in total. The zero-order valence-corrected chi connectivity index (χ0v) is 16.7. The van der Waals surface area contributed by atoms with Gasteiger partial charge in [-0.1, -0.05) is 17.7 Å². The number of carbonyl (C=O) groups is 2. The maximum atomic E-state index is 13.2. The lowest BCUT2D eigenvalue weighted by Gasteiger charge is -2.24. The molecule has 9 heteroatoms. The summed E-state index contributed by atoms with van der Waals surface area (Å²) >= 11 is 6.58. The second-order valence-electron chi connectivity index (χ2n) is 7.91. The molecule has 0 bridgehead atoms. The molecule has 5 rings (SSSR count). The van der Waals surface area contributed by atoms with Crippen molar-refractivity contribution in [2.24, 2.45) is 0 Å². The van der Waals surface area contributed by atoms with Crippen molar-refractivity contribution < 1.29 is 28.5 Å². The van der Waals surface area contributed by atoms with Crippen LogP contribution in [0.2, 0.25) is 5.02 Å². The Morgan fingerprint density at radius 1 is 0.759 bits per heavy atom. The largest absolute Gasteiger partial charge is 0.371 e. The van der Waals surface area contributed by atoms with Gasteiger partial charge in [0.05, 0.1) is 67.0 Å². The van der Waals surface area contributed by atoms with Crippen LogP contribution < -0.4 is 0 Å². The molecule has 4 fully saturated rings. The molecule has 4 aliphatic heterocycles. The third-order valence-corrected chi connectivity index (χ3v) is 5.75. The van der Waals surface area contributed by atoms with E-state index in [0.717, 1.165) is 0 Å². The number of amides is 2. The van der Waals surface area contributed by atoms with E-state index in [1.165, 1.54) is 0 Å². The fourth-order valence-corrected chi connectivity index (χ4v) is 3.65. The van der Waals surface area contributed by atoms with Gasteiger partial charge in [0.15, 0.2) is 0 Å². The number of benzene rings is 1. The van der Waals surface area contributed by atoms with Gasteiger partial charge in [-0.25, -0.2) is 0 Å². The highest BCUT2D eigenvalue weighted by Crippen LogP contribution is 2.27. The minimum absolute atomic E-state index is 0.0638. The fourth-order valence-electron chi connectivity index (χ4n) is 3.36. The topological polar surface area (TPSA) is 90.7 Å². The Morgan fingerprint density at radius 3 is 1.34 bits per heavy atom. The van der Waals surface area contributed by atoms with Crippen molar-refractivity contribution in [1.29, 1.82) is 0 Å². The van der Waals surface area contributed by atoms with Gasteiger partial charge in [-0.2, -0.15) is 0 Å². The summed E-state index contributed by atoms with van der Waals surface area (Å²) in [6, 6.07) is 5.02. The maximum Gasteiger partial charge on any atom is 0.255 e. The van der Waals surface area contributed by atoms with Gasteiger partial charge < -0.3 is 28.7 Å². The van der Waals surface area contributed by atoms with E-state index in [-0.39, 0.29) is 41.3 Å². The molecular weight excluding hydrogens is 400 g/mol. The first-order valence-electron chi connectivity index (χ1n) is 9.92. The second kappa shape index (κ2) is 7.85. The number of carbonyl (C=O) groups excluding carboxylic acids is 2. The van der Waals surface area contributed by atoms with Crippen molar-refractivity contribution >= 4 is 23.4 Å². The quantitative estimate of drug-likeness (QED) is 0.518. The molecule has 8 nitrogen and oxygen atoms in total. The summed E-state index contributed by atoms with van der Waals surface area (Å²) < 4.78 is 21.1. The predicted octanol–water partition coefficient (Wildman–Crippen LogP) is 0.820. The molecule has 0 aliphatic carbocycles. The van der Waals surface area contributed by atoms with Gasteiger partial charge in [0, 0.05) is 26.2 Å². The van der Waals surface area contributed by atoms with Crippen molar-refractivity contribution in [1.82, 2.24) is 9.80 Å². The van der Waals surface area contributed by atoms with Crippen LogP contribution in [0.1, 0.15) is 20.7 Å². The smallest absolute Gasteiger partial charge is 0.255 e. The zero-order chi connectivity index (χ0) is 20.0. The van der Waals surface area contributed by atoms with Gasteiger partial charge in [0.2, 0.25) is 0 Å². The number of hydrogen-bond donors (Lipinski definition) is 0. The Labute approximate surface area is 173 Å². The van der Waals surface area contributed by atoms with Crippen LogP contribution in [0.5, 0.6) is 0 Å². The summed E-state index contributed by atoms with van der Waals surface area (Å²) in [4.78, 5) is 29.8. The third kappa shape index (κ3) is 4.90. The van der Waals surface area contributed by atoms with E-state index in [1.807, 2.05) is 0 Å². The van der Waals surface area contributed by atoms with Crippen molar-refractivity contribution in [3.63, 3.8) is 0 Å². The van der Waals surface area contributed by atoms with Crippen molar-refractivity contribution in [2.75, 3.05) is 52.6 Å². The monoisotopic (exact) mass is 422 g/mol. The Morgan fingerprint density at radius 2 is 1.07 bits per heavy atom. The molecule has 4 aliphatic rings. The SMILES string of the molecule is O=C(c1cccc(C(=O)N(CC2CO2)CC2CO2)c1Cl)N(CC1CO1)CC1CO1. The lowest BCUT2D eigenvalue weighted by molar-refractivity contribution is 0.0726. The van der Waals surface area contributed by atoms with Crippen LogP contribution in [0.15, 0.2) is 18.2 Å². The average Bonchev–Trinajstić information content (AvgIpc) is 3.55. The van der Waals surface area contributed by atoms with Crippen molar-refractivity contribution in [3.8, 4) is 0 Å². The van der Waals surface area contributed by atoms with E-state index >= 15 is 0 Å². The molecule has 4 atom stereocenters. The molecule has 0 aromatic heterocycles. The Hall–Kier alpha value is -1.71. The lowest BCUT2D eigenvalue weighted by atomic mass is 10.1. The molecule has 4 unspecified atom stereocenters. The first kappa shape index (κ1) is 19.3. The normalized spacial score (nSPS) is 28.6. The molecule has 2 amide bonds. The Balaban J connectivity index is 1.35. The molecule has 156 valence electrons. The number of halogens is 1. The molecule has 1 aromatic rings. The number of hydrogen-bond acceptors (Lipinski definition) is 6. The van der Waals surface area contributed by atoms with E-state index in [9.17, 15) is 9.59 Å². The maximum absolute atomic E-state index is 13.2. The average molecular weight is 423 g/mol. The van der Waals surface area contributed by atoms with Gasteiger partial charge in [-0.05, 0) is 12.1 Å². The zero-order valence-electron chi connectivity index (χ0n) is 15.9. The Bertz CT molecular complexity index is 714. The summed E-state index contributed by atoms with van der Waals surface area (Å²) in [6.07, 6.45) is 0.255. The summed E-state index contributed by atoms with van der Waals surface area (Å²) in [5.74, 6) is -0.420. The molecule has 1 aromatic carbocycles. The molecule has 0 spiro atoms. The summed E-state index contributed by atoms with van der Waals surface area (Å²) in [7, 11) is 0. The molecule has 0 saturated carbocycles. The third-order valence-electron chi connectivity index (χ3n) is 5.34. The molecule has 29 heavy (non-hydrogen) atoms. The van der Waals surface area contributed by atoms with E-state index in [0.29, 0.717) is 63.7 Å². The highest BCUT2D eigenvalue weighted by molar-refractivity contribution is 6.36. The minimum atomic E-state index is -0.210. The van der Waals surface area contributed by atoms with Crippen LogP contribution in [0.25, 0.3) is 0 Å². The molecule has 0 radical (unpaired) electrons. The number of ether oxygens (including phenoxy) is 4. The van der Waals surface area contributed by atoms with E-state index < -0.39 is 0 Å². The lowest BCUT2D eigenvalue weighted by Crippen LogP contribution is -2.39. The van der Waals surface area contributed by atoms with Crippen LogP contribution >= 0.6 is 11.6 Å². The number of epoxide rings is 4. The van der Waals surface area contributed by atoms with Gasteiger partial charge in [0.1, 0.15) is 0 Å². The van der Waals surface area contributed by atoms with Gasteiger partial charge >= 0.3 is 0 Å². The molecular formula is C20H23ClN2O6. The summed E-state index contributed by atoms with van der Waals surface area (Å²) in [6.45, 7) is 4.61. The number of rotatable bonds is 10. The standard InChI is InChI=1S/C20H23ClN2O6/c21-18-16(19(24)22(4-12-8-26-12)5-13-9-27-13)2-1-3-17(18)20(25)23(6-14-10-28-14)7-15-11-29-15/h1-3,12-15H,4-11H2. The van der Waals surface area contributed by atoms with Gasteiger partial charge in [-0.3, -0.25) is 9.59 Å². The summed E-state index contributed by atoms with van der Waals surface area (Å²) in [5.41, 5.74) is 0.647. The first-order chi connectivity index (χ1) is 14.1. The van der Waals surface area contributed by atoms with Crippen LogP contribution in [0.4, 0.5) is 0 Å². The highest BCUT2D eigenvalue weighted by Gasteiger charge is 2.36. The van der Waals surface area contributed by atoms with Crippen LogP contribution in [-0.4, -0.2) is 98.6 Å². The van der Waals surface area contributed by atoms with Gasteiger partial charge in [-0.15, -0.1) is 0 Å². The van der Waals surface area contributed by atoms with E-state index in [1.54, 1.807) is 28.0 Å². The minimum Gasteiger partial charge on any atom is -0.371 e. The van der Waals surface area contributed by atoms with Crippen molar-refractivity contribution in [2.45, 2.75) is 24.4 Å². The second-order valence-corrected chi connectivity index (χ2v) is 8.29. The van der Waals surface area contributed by atoms with Crippen LogP contribution in [0, 0.1) is 0 Å². The Kier molecular flexibility index (Phi) is 5.21. The van der Waals surface area contributed by atoms with E-state index in [2.05, 4.69) is 0 Å².